The molecule has 2 unspecified atom stereocenters. The second-order valence-electron chi connectivity index (χ2n) is 10.2. The van der Waals surface area contributed by atoms with Gasteiger partial charge in [-0.1, -0.05) is 60.7 Å². The first-order chi connectivity index (χ1) is 21.9. The lowest BCUT2D eigenvalue weighted by atomic mass is 10.1. The smallest absolute Gasteiger partial charge is 0.408 e. The summed E-state index contributed by atoms with van der Waals surface area (Å²) in [4.78, 5) is 85.9. The molecule has 5 atom stereocenters. The fraction of sp³-hybridized carbons (Fsp3) is 0.367. The molecule has 1 aliphatic rings. The van der Waals surface area contributed by atoms with E-state index < -0.39 is 78.4 Å². The molecule has 2 aromatic carbocycles. The quantitative estimate of drug-likeness (QED) is 0.0778. The van der Waals surface area contributed by atoms with E-state index in [9.17, 15) is 33.6 Å². The maximum atomic E-state index is 12.7. The number of hydrazine groups is 1. The van der Waals surface area contributed by atoms with Crippen LogP contribution in [0.3, 0.4) is 0 Å². The Kier molecular flexibility index (Phi) is 13.0. The van der Waals surface area contributed by atoms with E-state index in [2.05, 4.69) is 21.4 Å². The Hall–Kier alpha value is -5.51. The highest BCUT2D eigenvalue weighted by Crippen LogP contribution is 2.23. The summed E-state index contributed by atoms with van der Waals surface area (Å²) in [6.07, 6.45) is -3.39. The molecule has 3 rings (SSSR count). The summed E-state index contributed by atoms with van der Waals surface area (Å²) in [5.41, 5.74) is 11.0. The van der Waals surface area contributed by atoms with Crippen LogP contribution in [0.1, 0.15) is 31.4 Å². The zero-order valence-electron chi connectivity index (χ0n) is 25.1. The number of carbonyl (C=O) groups excluding carboxylic acids is 7. The van der Waals surface area contributed by atoms with Crippen molar-refractivity contribution in [3.63, 3.8) is 0 Å². The van der Waals surface area contributed by atoms with E-state index in [1.807, 2.05) is 41.8 Å². The highest BCUT2D eigenvalue weighted by atomic mass is 16.6. The van der Waals surface area contributed by atoms with Gasteiger partial charge in [0.15, 0.2) is 12.2 Å². The highest BCUT2D eigenvalue weighted by Gasteiger charge is 2.51. The number of primary amides is 1. The highest BCUT2D eigenvalue weighted by molar-refractivity contribution is 5.97. The van der Waals surface area contributed by atoms with Gasteiger partial charge in [-0.25, -0.2) is 9.59 Å². The maximum Gasteiger partial charge on any atom is 0.408 e. The summed E-state index contributed by atoms with van der Waals surface area (Å²) < 4.78 is 15.2. The van der Waals surface area contributed by atoms with Gasteiger partial charge in [-0.15, -0.1) is 0 Å². The van der Waals surface area contributed by atoms with Crippen molar-refractivity contribution in [1.82, 2.24) is 26.8 Å². The molecule has 0 aromatic heterocycles. The molecule has 7 N–H and O–H groups in total. The second kappa shape index (κ2) is 17.1. The number of ether oxygens (including phenoxy) is 3. The Morgan fingerprint density at radius 2 is 1.33 bits per heavy atom. The van der Waals surface area contributed by atoms with E-state index in [0.29, 0.717) is 6.42 Å². The Bertz CT molecular complexity index is 1410. The number of hydrogen-bond acceptors (Lipinski definition) is 10. The van der Waals surface area contributed by atoms with Crippen molar-refractivity contribution in [2.24, 2.45) is 5.73 Å². The van der Waals surface area contributed by atoms with Crippen molar-refractivity contribution in [1.29, 1.82) is 0 Å². The van der Waals surface area contributed by atoms with Crippen molar-refractivity contribution < 1.29 is 47.8 Å². The van der Waals surface area contributed by atoms with Crippen molar-refractivity contribution in [2.45, 2.75) is 63.6 Å². The molecular formula is C30H36N6O10. The summed E-state index contributed by atoms with van der Waals surface area (Å²) in [5, 5.41) is 6.98. The van der Waals surface area contributed by atoms with E-state index >= 15 is 0 Å². The molecule has 1 saturated heterocycles. The van der Waals surface area contributed by atoms with Gasteiger partial charge in [0.25, 0.3) is 11.8 Å². The first kappa shape index (κ1) is 35.0. The SMILES string of the molecule is C[C@H](NC(=O)OCc1ccccc1)C(=O)N[C@@H](C)C(=O)N[C@@H](CC(N)=O)C(=O)NNC(=O)C1OC1C(=O)OCCc1ccccc1. The monoisotopic (exact) mass is 640 g/mol. The molecule has 2 aromatic rings. The zero-order valence-corrected chi connectivity index (χ0v) is 25.1. The molecule has 6 amide bonds. The van der Waals surface area contributed by atoms with E-state index in [0.717, 1.165) is 11.1 Å². The Balaban J connectivity index is 1.40. The summed E-state index contributed by atoms with van der Waals surface area (Å²) >= 11 is 0. The molecular weight excluding hydrogens is 604 g/mol. The number of nitrogens with one attached hydrogen (secondary N) is 5. The summed E-state index contributed by atoms with van der Waals surface area (Å²) in [6, 6.07) is 14.3. The minimum Gasteiger partial charge on any atom is -0.463 e. The summed E-state index contributed by atoms with van der Waals surface area (Å²) in [6.45, 7) is 2.74. The van der Waals surface area contributed by atoms with Gasteiger partial charge in [-0.2, -0.15) is 0 Å². The predicted molar refractivity (Wildman–Crippen MR) is 159 cm³/mol. The number of epoxide rings is 1. The van der Waals surface area contributed by atoms with Gasteiger partial charge in [0.1, 0.15) is 24.7 Å². The molecule has 1 heterocycles. The summed E-state index contributed by atoms with van der Waals surface area (Å²) in [5.74, 6) is -5.18. The molecule has 0 aliphatic carbocycles. The third-order valence-corrected chi connectivity index (χ3v) is 6.50. The van der Waals surface area contributed by atoms with Gasteiger partial charge >= 0.3 is 12.1 Å². The zero-order chi connectivity index (χ0) is 33.6. The molecule has 16 nitrogen and oxygen atoms in total. The van der Waals surface area contributed by atoms with Gasteiger partial charge in [-0.05, 0) is 25.0 Å². The molecule has 46 heavy (non-hydrogen) atoms. The minimum atomic E-state index is -1.54. The first-order valence-corrected chi connectivity index (χ1v) is 14.3. The van der Waals surface area contributed by atoms with Crippen molar-refractivity contribution >= 4 is 41.6 Å². The molecule has 1 aliphatic heterocycles. The van der Waals surface area contributed by atoms with Crippen LogP contribution in [0.15, 0.2) is 60.7 Å². The molecule has 1 fully saturated rings. The molecule has 16 heteroatoms. The largest absolute Gasteiger partial charge is 0.463 e. The third-order valence-electron chi connectivity index (χ3n) is 6.50. The number of alkyl carbamates (subject to hydrolysis) is 1. The van der Waals surface area contributed by atoms with Crippen LogP contribution in [0.25, 0.3) is 0 Å². The van der Waals surface area contributed by atoms with Crippen LogP contribution in [0.2, 0.25) is 0 Å². The lowest BCUT2D eigenvalue weighted by Crippen LogP contribution is -2.58. The number of nitrogens with two attached hydrogens (primary N) is 1. The summed E-state index contributed by atoms with van der Waals surface area (Å²) in [7, 11) is 0. The fourth-order valence-electron chi connectivity index (χ4n) is 3.89. The van der Waals surface area contributed by atoms with Crippen molar-refractivity contribution in [2.75, 3.05) is 6.61 Å². The fourth-order valence-corrected chi connectivity index (χ4v) is 3.89. The molecule has 0 spiro atoms. The predicted octanol–water partition coefficient (Wildman–Crippen LogP) is -1.13. The van der Waals surface area contributed by atoms with Gasteiger partial charge in [0.05, 0.1) is 13.0 Å². The van der Waals surface area contributed by atoms with Crippen LogP contribution in [0.4, 0.5) is 4.79 Å². The number of amides is 6. The van der Waals surface area contributed by atoms with Crippen LogP contribution in [0, 0.1) is 0 Å². The lowest BCUT2D eigenvalue weighted by molar-refractivity contribution is -0.145. The molecule has 0 bridgehead atoms. The van der Waals surface area contributed by atoms with E-state index in [1.165, 1.54) is 13.8 Å². The minimum absolute atomic E-state index is 0.0143. The Morgan fingerprint density at radius 3 is 1.96 bits per heavy atom. The second-order valence-corrected chi connectivity index (χ2v) is 10.2. The Labute approximate surface area is 264 Å². The number of carbonyl (C=O) groups is 7. The molecule has 0 saturated carbocycles. The Morgan fingerprint density at radius 1 is 0.739 bits per heavy atom. The number of hydrogen-bond donors (Lipinski definition) is 6. The van der Waals surface area contributed by atoms with Gasteiger partial charge in [0.2, 0.25) is 17.7 Å². The number of benzene rings is 2. The van der Waals surface area contributed by atoms with Crippen LogP contribution in [0.5, 0.6) is 0 Å². The van der Waals surface area contributed by atoms with Crippen LogP contribution < -0.4 is 32.5 Å². The average molecular weight is 641 g/mol. The van der Waals surface area contributed by atoms with Crippen molar-refractivity contribution in [3.8, 4) is 0 Å². The van der Waals surface area contributed by atoms with E-state index in [1.54, 1.807) is 24.3 Å². The van der Waals surface area contributed by atoms with Crippen molar-refractivity contribution in [3.05, 3.63) is 71.8 Å². The van der Waals surface area contributed by atoms with Crippen LogP contribution in [-0.2, 0) is 56.0 Å². The average Bonchev–Trinajstić information content (AvgIpc) is 3.84. The first-order valence-electron chi connectivity index (χ1n) is 14.3. The van der Waals surface area contributed by atoms with Crippen LogP contribution in [-0.4, -0.2) is 78.5 Å². The van der Waals surface area contributed by atoms with Gasteiger partial charge in [0, 0.05) is 6.42 Å². The maximum absolute atomic E-state index is 12.7. The van der Waals surface area contributed by atoms with E-state index in [4.69, 9.17) is 19.9 Å². The number of esters is 1. The van der Waals surface area contributed by atoms with Gasteiger partial charge < -0.3 is 35.9 Å². The number of rotatable bonds is 15. The topological polar surface area (TPSA) is 237 Å². The van der Waals surface area contributed by atoms with Crippen LogP contribution >= 0.6 is 0 Å². The molecule has 246 valence electrons. The third kappa shape index (κ3) is 11.5. The molecule has 0 radical (unpaired) electrons. The normalized spacial score (nSPS) is 16.7. The van der Waals surface area contributed by atoms with Gasteiger partial charge in [-0.3, -0.25) is 34.8 Å². The van der Waals surface area contributed by atoms with E-state index in [-0.39, 0.29) is 13.2 Å². The lowest BCUT2D eigenvalue weighted by Gasteiger charge is -2.21. The standard InChI is InChI=1S/C30H36N6O10/c1-17(32-25(38)18(2)33-30(43)45-16-20-11-7-4-8-12-20)26(39)34-21(15-22(31)37)27(40)35-36-28(41)23-24(46-23)29(42)44-14-13-19-9-5-3-6-10-19/h3-12,17-18,21,23-24H,13-16H2,1-2H3,(H2,31,37)(H,32,38)(H,33,43)(H,34,39)(H,35,40)(H,36,41)/t17-,18-,21-,23?,24?/m0/s1.